The number of benzene rings is 2. The normalized spacial score (nSPS) is 11.8. The van der Waals surface area contributed by atoms with Crippen molar-refractivity contribution in [1.82, 2.24) is 4.98 Å². The zero-order chi connectivity index (χ0) is 11.4. The number of H-pyrrole nitrogens is 1. The fourth-order valence-corrected chi connectivity index (χ4v) is 4.11. The Morgan fingerprint density at radius 1 is 0.941 bits per heavy atom. The first kappa shape index (κ1) is 9.68. The Morgan fingerprint density at radius 3 is 2.71 bits per heavy atom. The van der Waals surface area contributed by atoms with Crippen molar-refractivity contribution in [2.24, 2.45) is 0 Å². The zero-order valence-electron chi connectivity index (χ0n) is 8.83. The number of fused-ring (bicyclic) bond motifs is 5. The molecule has 2 aromatic heterocycles. The summed E-state index contributed by atoms with van der Waals surface area (Å²) in [5.74, 6) is 0. The van der Waals surface area contributed by atoms with Crippen LogP contribution in [-0.4, -0.2) is 4.98 Å². The van der Waals surface area contributed by atoms with E-state index in [4.69, 9.17) is 0 Å². The number of aromatic nitrogens is 1. The van der Waals surface area contributed by atoms with Gasteiger partial charge in [0.05, 0.1) is 4.70 Å². The number of para-hydroxylation sites is 1. The third-order valence-electron chi connectivity index (χ3n) is 3.11. The van der Waals surface area contributed by atoms with Gasteiger partial charge in [0.2, 0.25) is 0 Å². The third-order valence-corrected chi connectivity index (χ3v) is 5.19. The summed E-state index contributed by atoms with van der Waals surface area (Å²) < 4.78 is 2.49. The van der Waals surface area contributed by atoms with Crippen LogP contribution in [0.2, 0.25) is 0 Å². The summed E-state index contributed by atoms with van der Waals surface area (Å²) in [6.45, 7) is 0. The maximum atomic E-state index is 3.62. The van der Waals surface area contributed by atoms with Crippen LogP contribution in [0.3, 0.4) is 0 Å². The fraction of sp³-hybridized carbons (Fsp3) is 0. The van der Waals surface area contributed by atoms with Crippen LogP contribution in [0.25, 0.3) is 31.2 Å². The first-order valence-electron chi connectivity index (χ1n) is 5.42. The molecule has 4 aromatic rings. The molecule has 0 amide bonds. The first-order valence-corrected chi connectivity index (χ1v) is 7.03. The predicted octanol–water partition coefficient (Wildman–Crippen LogP) is 5.30. The van der Waals surface area contributed by atoms with E-state index in [0.717, 1.165) is 0 Å². The van der Waals surface area contributed by atoms with E-state index in [9.17, 15) is 0 Å². The van der Waals surface area contributed by atoms with Crippen LogP contribution in [-0.2, 0) is 0 Å². The molecule has 82 valence electrons. The highest BCUT2D eigenvalue weighted by Crippen LogP contribution is 2.41. The molecular formula is C14H8BrNS. The van der Waals surface area contributed by atoms with Gasteiger partial charge in [0.25, 0.3) is 0 Å². The van der Waals surface area contributed by atoms with Crippen LogP contribution in [0, 0.1) is 0 Å². The van der Waals surface area contributed by atoms with E-state index in [2.05, 4.69) is 63.4 Å². The molecule has 0 unspecified atom stereocenters. The molecule has 4 rings (SSSR count). The van der Waals surface area contributed by atoms with E-state index in [1.54, 1.807) is 0 Å². The summed E-state index contributed by atoms with van der Waals surface area (Å²) in [7, 11) is 0. The highest BCUT2D eigenvalue weighted by Gasteiger charge is 2.12. The van der Waals surface area contributed by atoms with E-state index in [1.165, 1.54) is 35.7 Å². The van der Waals surface area contributed by atoms with Crippen molar-refractivity contribution in [1.29, 1.82) is 0 Å². The number of nitrogens with one attached hydrogen (secondary N) is 1. The van der Waals surface area contributed by atoms with Gasteiger partial charge in [-0.3, -0.25) is 0 Å². The molecule has 1 N–H and O–H groups in total. The zero-order valence-corrected chi connectivity index (χ0v) is 11.2. The number of hydrogen-bond donors (Lipinski definition) is 1. The largest absolute Gasteiger partial charge is 0.346 e. The lowest BCUT2D eigenvalue weighted by Crippen LogP contribution is -1.68. The number of thiophene rings is 1. The second kappa shape index (κ2) is 3.34. The van der Waals surface area contributed by atoms with Crippen molar-refractivity contribution in [3.8, 4) is 0 Å². The van der Waals surface area contributed by atoms with Gasteiger partial charge in [0.15, 0.2) is 0 Å². The van der Waals surface area contributed by atoms with Gasteiger partial charge in [0.1, 0.15) is 4.83 Å². The molecule has 2 aromatic carbocycles. The predicted molar refractivity (Wildman–Crippen MR) is 78.9 cm³/mol. The molecule has 0 aliphatic carbocycles. The third kappa shape index (κ3) is 1.24. The van der Waals surface area contributed by atoms with Crippen molar-refractivity contribution < 1.29 is 0 Å². The Kier molecular flexibility index (Phi) is 1.90. The minimum atomic E-state index is 1.17. The minimum absolute atomic E-state index is 1.17. The van der Waals surface area contributed by atoms with Crippen LogP contribution >= 0.6 is 27.3 Å². The van der Waals surface area contributed by atoms with Crippen molar-refractivity contribution >= 4 is 58.5 Å². The molecule has 2 heterocycles. The molecule has 17 heavy (non-hydrogen) atoms. The SMILES string of the molecule is Brc1cccc2c1sc1[nH]c3ccccc3c12. The molecule has 3 heteroatoms. The van der Waals surface area contributed by atoms with E-state index in [-0.39, 0.29) is 0 Å². The van der Waals surface area contributed by atoms with Crippen LogP contribution in [0.15, 0.2) is 46.9 Å². The molecule has 0 saturated carbocycles. The van der Waals surface area contributed by atoms with Crippen molar-refractivity contribution in [2.45, 2.75) is 0 Å². The highest BCUT2D eigenvalue weighted by molar-refractivity contribution is 9.10. The Hall–Kier alpha value is -1.32. The standard InChI is InChI=1S/C14H8BrNS/c15-10-6-3-5-9-12-8-4-1-2-7-11(8)16-14(12)17-13(9)10/h1-7,16H. The Morgan fingerprint density at radius 2 is 1.76 bits per heavy atom. The molecule has 0 aliphatic heterocycles. The summed E-state index contributed by atoms with van der Waals surface area (Å²) >= 11 is 5.43. The Labute approximate surface area is 110 Å². The van der Waals surface area contributed by atoms with E-state index < -0.39 is 0 Å². The van der Waals surface area contributed by atoms with Gasteiger partial charge < -0.3 is 4.98 Å². The van der Waals surface area contributed by atoms with Gasteiger partial charge in [-0.2, -0.15) is 0 Å². The molecule has 0 radical (unpaired) electrons. The second-order valence-corrected chi connectivity index (χ2v) is 5.97. The number of halogens is 1. The lowest BCUT2D eigenvalue weighted by molar-refractivity contribution is 1.58. The van der Waals surface area contributed by atoms with Crippen molar-refractivity contribution in [3.05, 3.63) is 46.9 Å². The van der Waals surface area contributed by atoms with Crippen LogP contribution in [0.5, 0.6) is 0 Å². The average molecular weight is 302 g/mol. The minimum Gasteiger partial charge on any atom is -0.346 e. The van der Waals surface area contributed by atoms with Gasteiger partial charge in [-0.25, -0.2) is 0 Å². The number of hydrogen-bond acceptors (Lipinski definition) is 1. The van der Waals surface area contributed by atoms with E-state index >= 15 is 0 Å². The van der Waals surface area contributed by atoms with Crippen LogP contribution < -0.4 is 0 Å². The van der Waals surface area contributed by atoms with Gasteiger partial charge in [-0.1, -0.05) is 30.3 Å². The summed E-state index contributed by atoms with van der Waals surface area (Å²) in [5, 5.41) is 3.99. The van der Waals surface area contributed by atoms with Crippen molar-refractivity contribution in [3.63, 3.8) is 0 Å². The molecule has 0 atom stereocenters. The molecular weight excluding hydrogens is 294 g/mol. The highest BCUT2D eigenvalue weighted by atomic mass is 79.9. The summed E-state index contributed by atoms with van der Waals surface area (Å²) in [5.41, 5.74) is 1.22. The summed E-state index contributed by atoms with van der Waals surface area (Å²) in [6, 6.07) is 14.9. The topological polar surface area (TPSA) is 15.8 Å². The average Bonchev–Trinajstić information content (AvgIpc) is 2.85. The summed E-state index contributed by atoms with van der Waals surface area (Å²) in [6.07, 6.45) is 0. The molecule has 0 saturated heterocycles. The molecule has 0 bridgehead atoms. The van der Waals surface area contributed by atoms with Crippen molar-refractivity contribution in [2.75, 3.05) is 0 Å². The molecule has 0 aliphatic rings. The molecule has 0 spiro atoms. The molecule has 0 fully saturated rings. The monoisotopic (exact) mass is 301 g/mol. The lowest BCUT2D eigenvalue weighted by atomic mass is 10.1. The Balaban J connectivity index is 2.36. The smallest absolute Gasteiger partial charge is 0.102 e. The van der Waals surface area contributed by atoms with Gasteiger partial charge in [-0.15, -0.1) is 11.3 Å². The van der Waals surface area contributed by atoms with E-state index in [0.29, 0.717) is 0 Å². The maximum Gasteiger partial charge on any atom is 0.102 e. The second-order valence-electron chi connectivity index (χ2n) is 4.09. The van der Waals surface area contributed by atoms with Gasteiger partial charge in [-0.05, 0) is 28.1 Å². The van der Waals surface area contributed by atoms with E-state index in [1.807, 2.05) is 11.3 Å². The first-order chi connectivity index (χ1) is 8.34. The quantitative estimate of drug-likeness (QED) is 0.454. The maximum absolute atomic E-state index is 3.62. The summed E-state index contributed by atoms with van der Waals surface area (Å²) in [4.78, 5) is 4.75. The lowest BCUT2D eigenvalue weighted by Gasteiger charge is -1.94. The number of rotatable bonds is 0. The number of aromatic amines is 1. The fourth-order valence-electron chi connectivity index (χ4n) is 2.37. The Bertz CT molecular complexity index is 856. The van der Waals surface area contributed by atoms with Crippen LogP contribution in [0.4, 0.5) is 0 Å². The van der Waals surface area contributed by atoms with Gasteiger partial charge >= 0.3 is 0 Å². The van der Waals surface area contributed by atoms with Gasteiger partial charge in [0, 0.05) is 26.1 Å². The van der Waals surface area contributed by atoms with Crippen LogP contribution in [0.1, 0.15) is 0 Å². The molecule has 1 nitrogen and oxygen atoms in total.